The number of rotatable bonds is 4. The highest BCUT2D eigenvalue weighted by Gasteiger charge is 2.09. The Hall–Kier alpha value is -3.21. The molecular formula is C26H36N4O. The third-order valence-electron chi connectivity index (χ3n) is 4.54. The van der Waals surface area contributed by atoms with Crippen LogP contribution in [0, 0.1) is 13.8 Å². The highest BCUT2D eigenvalue weighted by atomic mass is 16.1. The van der Waals surface area contributed by atoms with E-state index >= 15 is 0 Å². The third-order valence-corrected chi connectivity index (χ3v) is 4.54. The van der Waals surface area contributed by atoms with E-state index in [0.29, 0.717) is 5.71 Å². The Kier molecular flexibility index (Phi) is 11.0. The van der Waals surface area contributed by atoms with Gasteiger partial charge >= 0.3 is 0 Å². The molecule has 0 saturated heterocycles. The Labute approximate surface area is 187 Å². The number of hydrogen-bond acceptors (Lipinski definition) is 5. The van der Waals surface area contributed by atoms with E-state index in [-0.39, 0.29) is 7.21 Å². The molecule has 0 amide bonds. The fraction of sp³-hybridized carbons (Fsp3) is 0.346. The smallest absolute Gasteiger partial charge is 0.177 e. The summed E-state index contributed by atoms with van der Waals surface area (Å²) in [4.78, 5) is 27.7. The number of nitrogens with zero attached hydrogens (tertiary/aromatic N) is 4. The number of allylic oxidation sites excluding steroid dienone is 2. The lowest BCUT2D eigenvalue weighted by molar-refractivity contribution is -0.111. The highest BCUT2D eigenvalue weighted by Crippen LogP contribution is 2.26. The number of fused-ring (bicyclic) bond motifs is 1. The van der Waals surface area contributed by atoms with Crippen LogP contribution < -0.4 is 0 Å². The van der Waals surface area contributed by atoms with Gasteiger partial charge in [0.2, 0.25) is 0 Å². The number of aromatic nitrogens is 3. The van der Waals surface area contributed by atoms with Gasteiger partial charge in [0.15, 0.2) is 5.78 Å². The summed E-state index contributed by atoms with van der Waals surface area (Å²) in [5.74, 6) is 0.00981. The Morgan fingerprint density at radius 2 is 1.90 bits per heavy atom. The topological polar surface area (TPSA) is 68.1 Å². The molecular weight excluding hydrogens is 384 g/mol. The van der Waals surface area contributed by atoms with Crippen molar-refractivity contribution in [2.75, 3.05) is 7.05 Å². The number of aryl methyl sites for hydroxylation is 3. The van der Waals surface area contributed by atoms with Crippen LogP contribution in [-0.2, 0) is 11.2 Å². The van der Waals surface area contributed by atoms with E-state index in [1.807, 2.05) is 53.2 Å². The van der Waals surface area contributed by atoms with Crippen molar-refractivity contribution in [1.29, 1.82) is 0 Å². The molecule has 0 aliphatic heterocycles. The van der Waals surface area contributed by atoms with E-state index in [9.17, 15) is 4.79 Å². The van der Waals surface area contributed by atoms with Crippen LogP contribution in [0.25, 0.3) is 22.0 Å². The van der Waals surface area contributed by atoms with Crippen molar-refractivity contribution in [2.45, 2.75) is 54.9 Å². The Morgan fingerprint density at radius 1 is 1.19 bits per heavy atom. The lowest BCUT2D eigenvalue weighted by Crippen LogP contribution is -2.05. The molecule has 3 aromatic rings. The molecule has 0 unspecified atom stereocenters. The minimum Gasteiger partial charge on any atom is -0.293 e. The minimum absolute atomic E-state index is 0. The maximum Gasteiger partial charge on any atom is 0.177 e. The molecule has 0 aliphatic carbocycles. The van der Waals surface area contributed by atoms with Gasteiger partial charge in [0, 0.05) is 56.3 Å². The average Bonchev–Trinajstić information content (AvgIpc) is 2.78. The van der Waals surface area contributed by atoms with Crippen LogP contribution in [0.1, 0.15) is 53.0 Å². The maximum absolute atomic E-state index is 10.6. The molecule has 3 rings (SSSR count). The van der Waals surface area contributed by atoms with E-state index in [2.05, 4.69) is 40.1 Å². The van der Waals surface area contributed by atoms with Gasteiger partial charge in [-0.1, -0.05) is 26.8 Å². The van der Waals surface area contributed by atoms with E-state index < -0.39 is 0 Å². The van der Waals surface area contributed by atoms with Crippen molar-refractivity contribution in [3.8, 4) is 11.3 Å². The molecule has 0 bridgehead atoms. The zero-order valence-electron chi connectivity index (χ0n) is 20.0. The first-order chi connectivity index (χ1) is 14.9. The first kappa shape index (κ1) is 25.8. The SMILES string of the molecule is C/C=C\C(=NC)C(C)=O.CC.CCc1ccncc1-c1cc2cc(C)ncc2c(C)n1.[HH]. The molecule has 3 aromatic heterocycles. The number of carbonyl (C=O) groups is 1. The van der Waals surface area contributed by atoms with Crippen LogP contribution in [0.2, 0.25) is 0 Å². The lowest BCUT2D eigenvalue weighted by Gasteiger charge is -2.10. The van der Waals surface area contributed by atoms with Gasteiger partial charge in [-0.15, -0.1) is 0 Å². The summed E-state index contributed by atoms with van der Waals surface area (Å²) >= 11 is 0. The van der Waals surface area contributed by atoms with Gasteiger partial charge in [-0.2, -0.15) is 0 Å². The predicted octanol–water partition coefficient (Wildman–Crippen LogP) is 6.37. The molecule has 0 aromatic carbocycles. The van der Waals surface area contributed by atoms with Crippen LogP contribution >= 0.6 is 0 Å². The number of hydrogen-bond donors (Lipinski definition) is 0. The standard InChI is InChI=1S/C17H17N3.C7H11NO.C2H6.H2/c1-4-13-5-6-18-9-16(13)17-8-14-7-11(2)19-10-15(14)12(3)20-17;1-4-5-7(8-3)6(2)9;1-2;/h5-10H,4H2,1-3H3;4-5H,1-3H3;1-2H3;1H/b;5-4-,8-7?;;. The molecule has 0 N–H and O–H groups in total. The van der Waals surface area contributed by atoms with E-state index in [1.54, 1.807) is 19.2 Å². The largest absolute Gasteiger partial charge is 0.293 e. The third kappa shape index (κ3) is 7.21. The molecule has 166 valence electrons. The fourth-order valence-corrected chi connectivity index (χ4v) is 3.03. The summed E-state index contributed by atoms with van der Waals surface area (Å²) < 4.78 is 0. The maximum atomic E-state index is 10.6. The minimum atomic E-state index is 0. The van der Waals surface area contributed by atoms with Gasteiger partial charge in [-0.05, 0) is 62.4 Å². The molecule has 0 aliphatic rings. The molecule has 0 atom stereocenters. The van der Waals surface area contributed by atoms with E-state index in [1.165, 1.54) is 17.9 Å². The summed E-state index contributed by atoms with van der Waals surface area (Å²) in [5.41, 5.74) is 5.95. The van der Waals surface area contributed by atoms with Gasteiger partial charge in [0.05, 0.1) is 11.4 Å². The lowest BCUT2D eigenvalue weighted by atomic mass is 10.0. The molecule has 3 heterocycles. The summed E-state index contributed by atoms with van der Waals surface area (Å²) in [6.45, 7) is 13.6. The second-order valence-electron chi connectivity index (χ2n) is 6.69. The van der Waals surface area contributed by atoms with Crippen molar-refractivity contribution in [1.82, 2.24) is 15.0 Å². The van der Waals surface area contributed by atoms with Crippen LogP contribution in [0.4, 0.5) is 0 Å². The zero-order chi connectivity index (χ0) is 23.4. The molecule has 0 saturated carbocycles. The second-order valence-corrected chi connectivity index (χ2v) is 6.69. The number of aliphatic imine (C=N–C) groups is 1. The van der Waals surface area contributed by atoms with E-state index in [4.69, 9.17) is 4.98 Å². The van der Waals surface area contributed by atoms with Gasteiger partial charge < -0.3 is 0 Å². The summed E-state index contributed by atoms with van der Waals surface area (Å²) in [5, 5.41) is 2.30. The second kappa shape index (κ2) is 13.2. The number of carbonyl (C=O) groups excluding carboxylic acids is 1. The molecule has 5 heteroatoms. The van der Waals surface area contributed by atoms with Crippen LogP contribution in [0.3, 0.4) is 0 Å². The Balaban J connectivity index is 0.000000686. The van der Waals surface area contributed by atoms with Crippen molar-refractivity contribution in [3.63, 3.8) is 0 Å². The van der Waals surface area contributed by atoms with Gasteiger partial charge in [-0.25, -0.2) is 0 Å². The van der Waals surface area contributed by atoms with Crippen LogP contribution in [0.5, 0.6) is 0 Å². The number of ketones is 1. The summed E-state index contributed by atoms with van der Waals surface area (Å²) in [6, 6.07) is 6.30. The van der Waals surface area contributed by atoms with Crippen LogP contribution in [0.15, 0.2) is 53.9 Å². The van der Waals surface area contributed by atoms with Gasteiger partial charge in [0.25, 0.3) is 0 Å². The average molecular weight is 421 g/mol. The zero-order valence-corrected chi connectivity index (χ0v) is 20.0. The molecule has 31 heavy (non-hydrogen) atoms. The van der Waals surface area contributed by atoms with Crippen molar-refractivity contribution in [3.05, 3.63) is 65.9 Å². The normalized spacial score (nSPS) is 10.9. The first-order valence-electron chi connectivity index (χ1n) is 10.7. The van der Waals surface area contributed by atoms with Crippen molar-refractivity contribution >= 4 is 22.3 Å². The molecule has 0 spiro atoms. The van der Waals surface area contributed by atoms with E-state index in [0.717, 1.165) is 34.5 Å². The van der Waals surface area contributed by atoms with Crippen LogP contribution in [-0.4, -0.2) is 33.5 Å². The summed E-state index contributed by atoms with van der Waals surface area (Å²) in [6.07, 6.45) is 10.1. The van der Waals surface area contributed by atoms with Gasteiger partial charge in [-0.3, -0.25) is 24.7 Å². The molecule has 5 nitrogen and oxygen atoms in total. The van der Waals surface area contributed by atoms with Gasteiger partial charge in [0.1, 0.15) is 0 Å². The quantitative estimate of drug-likeness (QED) is 0.460. The fourth-order valence-electron chi connectivity index (χ4n) is 3.03. The highest BCUT2D eigenvalue weighted by molar-refractivity contribution is 6.43. The monoisotopic (exact) mass is 420 g/mol. The molecule has 0 fully saturated rings. The number of Topliss-reactive ketones (excluding diaryl/α,β-unsaturated/α-hetero) is 1. The molecule has 0 radical (unpaired) electrons. The predicted molar refractivity (Wildman–Crippen MR) is 134 cm³/mol. The number of pyridine rings is 3. The first-order valence-corrected chi connectivity index (χ1v) is 10.7. The van der Waals surface area contributed by atoms with Crippen molar-refractivity contribution < 1.29 is 6.22 Å². The Morgan fingerprint density at radius 3 is 2.45 bits per heavy atom. The summed E-state index contributed by atoms with van der Waals surface area (Å²) in [7, 11) is 1.61. The van der Waals surface area contributed by atoms with Crippen molar-refractivity contribution in [2.24, 2.45) is 4.99 Å². The Bertz CT molecular complexity index is 1070.